The molecule has 0 saturated heterocycles. The number of aromatic hydroxyl groups is 2. The fraction of sp³-hybridized carbons (Fsp3) is 0.250. The molecule has 1 aromatic heterocycles. The number of phenolic OH excluding ortho intramolecular Hbond substituents is 2. The second-order valence-electron chi connectivity index (χ2n) is 7.23. The van der Waals surface area contributed by atoms with Crippen molar-refractivity contribution in [3.63, 3.8) is 0 Å². The monoisotopic (exact) mass is 338 g/mol. The molecular formula is C20H22N2O3. The lowest BCUT2D eigenvalue weighted by atomic mass is 9.86. The molecule has 3 rings (SSSR count). The molecule has 4 N–H and O–H groups in total. The number of hydrogen-bond donors (Lipinski definition) is 4. The summed E-state index contributed by atoms with van der Waals surface area (Å²) in [5, 5.41) is 23.2. The van der Waals surface area contributed by atoms with Gasteiger partial charge < -0.3 is 20.5 Å². The second-order valence-corrected chi connectivity index (χ2v) is 7.23. The van der Waals surface area contributed by atoms with Crippen molar-refractivity contribution in [2.75, 3.05) is 5.32 Å². The van der Waals surface area contributed by atoms with E-state index in [0.29, 0.717) is 11.3 Å². The molecule has 0 aliphatic rings. The molecule has 0 fully saturated rings. The van der Waals surface area contributed by atoms with Crippen LogP contribution in [0.2, 0.25) is 0 Å². The van der Waals surface area contributed by atoms with Crippen molar-refractivity contribution in [3.8, 4) is 11.5 Å². The molecule has 0 saturated carbocycles. The van der Waals surface area contributed by atoms with Gasteiger partial charge in [-0.15, -0.1) is 0 Å². The summed E-state index contributed by atoms with van der Waals surface area (Å²) < 4.78 is 0. The van der Waals surface area contributed by atoms with Gasteiger partial charge in [-0.2, -0.15) is 0 Å². The number of rotatable bonds is 3. The zero-order valence-electron chi connectivity index (χ0n) is 14.6. The first-order valence-corrected chi connectivity index (χ1v) is 8.16. The van der Waals surface area contributed by atoms with Crippen molar-refractivity contribution in [2.24, 2.45) is 0 Å². The van der Waals surface area contributed by atoms with E-state index >= 15 is 0 Å². The van der Waals surface area contributed by atoms with Crippen LogP contribution < -0.4 is 10.9 Å². The number of benzene rings is 2. The standard InChI is InChI=1S/C20H22N2O3/c1-20(2,3)14-4-6-16-12(9-14)8-13(19(25)22-16)11-21-17-7-5-15(23)10-18(17)24/h4-10,21,23-24H,11H2,1-3H3,(H,22,25). The van der Waals surface area contributed by atoms with E-state index in [0.717, 1.165) is 10.9 Å². The van der Waals surface area contributed by atoms with Gasteiger partial charge in [0.15, 0.2) is 0 Å². The minimum atomic E-state index is -0.165. The maximum atomic E-state index is 12.3. The van der Waals surface area contributed by atoms with Gasteiger partial charge in [0.1, 0.15) is 11.5 Å². The van der Waals surface area contributed by atoms with Crippen LogP contribution in [0.15, 0.2) is 47.3 Å². The van der Waals surface area contributed by atoms with Crippen LogP contribution in [0.1, 0.15) is 31.9 Å². The molecule has 0 unspecified atom stereocenters. The third-order valence-electron chi connectivity index (χ3n) is 4.24. The molecule has 5 heteroatoms. The van der Waals surface area contributed by atoms with Gasteiger partial charge in [0.05, 0.1) is 5.69 Å². The zero-order valence-corrected chi connectivity index (χ0v) is 14.6. The van der Waals surface area contributed by atoms with Crippen LogP contribution in [0, 0.1) is 0 Å². The van der Waals surface area contributed by atoms with E-state index in [-0.39, 0.29) is 29.0 Å². The molecule has 5 nitrogen and oxygen atoms in total. The summed E-state index contributed by atoms with van der Waals surface area (Å²) in [4.78, 5) is 15.2. The summed E-state index contributed by atoms with van der Waals surface area (Å²) in [6.07, 6.45) is 0. The highest BCUT2D eigenvalue weighted by Crippen LogP contribution is 2.28. The first kappa shape index (κ1) is 16.9. The Hall–Kier alpha value is -2.95. The number of aromatic amines is 1. The topological polar surface area (TPSA) is 85.4 Å². The number of aromatic nitrogens is 1. The van der Waals surface area contributed by atoms with Crippen molar-refractivity contribution >= 4 is 16.6 Å². The molecule has 130 valence electrons. The zero-order chi connectivity index (χ0) is 18.2. The first-order chi connectivity index (χ1) is 11.7. The smallest absolute Gasteiger partial charge is 0.253 e. The average Bonchev–Trinajstić information content (AvgIpc) is 2.53. The Morgan fingerprint density at radius 1 is 1.04 bits per heavy atom. The Morgan fingerprint density at radius 3 is 2.48 bits per heavy atom. The van der Waals surface area contributed by atoms with Crippen molar-refractivity contribution in [1.82, 2.24) is 4.98 Å². The molecular weight excluding hydrogens is 316 g/mol. The Labute approximate surface area is 146 Å². The molecule has 1 heterocycles. The van der Waals surface area contributed by atoms with E-state index < -0.39 is 0 Å². The van der Waals surface area contributed by atoms with Gasteiger partial charge in [0.2, 0.25) is 0 Å². The normalized spacial score (nSPS) is 11.6. The van der Waals surface area contributed by atoms with Gasteiger partial charge in [-0.3, -0.25) is 4.79 Å². The summed E-state index contributed by atoms with van der Waals surface area (Å²) in [5.74, 6) is -0.0754. The predicted octanol–water partition coefficient (Wildman–Crippen LogP) is 3.85. The predicted molar refractivity (Wildman–Crippen MR) is 100 cm³/mol. The molecule has 2 aromatic carbocycles. The van der Waals surface area contributed by atoms with Crippen LogP contribution in [0.25, 0.3) is 10.9 Å². The van der Waals surface area contributed by atoms with E-state index in [1.807, 2.05) is 18.2 Å². The van der Waals surface area contributed by atoms with E-state index in [1.54, 1.807) is 6.07 Å². The highest BCUT2D eigenvalue weighted by Gasteiger charge is 2.14. The molecule has 0 aliphatic heterocycles. The maximum absolute atomic E-state index is 12.3. The minimum absolute atomic E-state index is 0.0127. The van der Waals surface area contributed by atoms with Gasteiger partial charge in [-0.25, -0.2) is 0 Å². The van der Waals surface area contributed by atoms with Gasteiger partial charge in [0, 0.05) is 23.7 Å². The first-order valence-electron chi connectivity index (χ1n) is 8.16. The molecule has 0 amide bonds. The Balaban J connectivity index is 1.92. The highest BCUT2D eigenvalue weighted by atomic mass is 16.3. The number of nitrogens with one attached hydrogen (secondary N) is 2. The maximum Gasteiger partial charge on any atom is 0.253 e. The van der Waals surface area contributed by atoms with E-state index in [2.05, 4.69) is 37.1 Å². The molecule has 0 spiro atoms. The van der Waals surface area contributed by atoms with Crippen LogP contribution in [0.3, 0.4) is 0 Å². The van der Waals surface area contributed by atoms with Crippen LogP contribution in [-0.4, -0.2) is 15.2 Å². The molecule has 0 aliphatic carbocycles. The largest absolute Gasteiger partial charge is 0.508 e. The Kier molecular flexibility index (Phi) is 4.17. The van der Waals surface area contributed by atoms with Crippen LogP contribution in [0.4, 0.5) is 5.69 Å². The van der Waals surface area contributed by atoms with E-state index in [4.69, 9.17) is 0 Å². The second kappa shape index (κ2) is 6.16. The van der Waals surface area contributed by atoms with Crippen molar-refractivity contribution in [2.45, 2.75) is 32.7 Å². The third kappa shape index (κ3) is 3.60. The van der Waals surface area contributed by atoms with Crippen LogP contribution >= 0.6 is 0 Å². The molecule has 0 bridgehead atoms. The van der Waals surface area contributed by atoms with Gasteiger partial charge in [-0.1, -0.05) is 26.8 Å². The lowest BCUT2D eigenvalue weighted by Gasteiger charge is -2.19. The van der Waals surface area contributed by atoms with Gasteiger partial charge in [0.25, 0.3) is 5.56 Å². The summed E-state index contributed by atoms with van der Waals surface area (Å²) in [7, 11) is 0. The fourth-order valence-electron chi connectivity index (χ4n) is 2.71. The van der Waals surface area contributed by atoms with Gasteiger partial charge >= 0.3 is 0 Å². The lowest BCUT2D eigenvalue weighted by Crippen LogP contribution is -2.16. The quantitative estimate of drug-likeness (QED) is 0.432. The number of pyridine rings is 1. The average molecular weight is 338 g/mol. The molecule has 0 atom stereocenters. The molecule has 25 heavy (non-hydrogen) atoms. The number of phenols is 2. The lowest BCUT2D eigenvalue weighted by molar-refractivity contribution is 0.452. The van der Waals surface area contributed by atoms with Crippen molar-refractivity contribution in [1.29, 1.82) is 0 Å². The number of hydrogen-bond acceptors (Lipinski definition) is 4. The fourth-order valence-corrected chi connectivity index (χ4v) is 2.71. The van der Waals surface area contributed by atoms with E-state index in [9.17, 15) is 15.0 Å². The number of fused-ring (bicyclic) bond motifs is 1. The van der Waals surface area contributed by atoms with E-state index in [1.165, 1.54) is 17.7 Å². The highest BCUT2D eigenvalue weighted by molar-refractivity contribution is 5.80. The molecule has 0 radical (unpaired) electrons. The van der Waals surface area contributed by atoms with Crippen molar-refractivity contribution in [3.05, 3.63) is 63.9 Å². The van der Waals surface area contributed by atoms with Crippen molar-refractivity contribution < 1.29 is 10.2 Å². The third-order valence-corrected chi connectivity index (χ3v) is 4.24. The SMILES string of the molecule is CC(C)(C)c1ccc2[nH]c(=O)c(CNc3ccc(O)cc3O)cc2c1. The Bertz CT molecular complexity index is 984. The van der Waals surface area contributed by atoms with Crippen LogP contribution in [0.5, 0.6) is 11.5 Å². The van der Waals surface area contributed by atoms with Crippen LogP contribution in [-0.2, 0) is 12.0 Å². The summed E-state index contributed by atoms with van der Waals surface area (Å²) in [6.45, 7) is 6.71. The minimum Gasteiger partial charge on any atom is -0.508 e. The summed E-state index contributed by atoms with van der Waals surface area (Å²) in [6, 6.07) is 12.2. The Morgan fingerprint density at radius 2 is 1.80 bits per heavy atom. The van der Waals surface area contributed by atoms with Gasteiger partial charge in [-0.05, 0) is 46.7 Å². The number of anilines is 1. The number of H-pyrrole nitrogens is 1. The summed E-state index contributed by atoms with van der Waals surface area (Å²) in [5.41, 5.74) is 2.89. The summed E-state index contributed by atoms with van der Waals surface area (Å²) >= 11 is 0. The molecule has 3 aromatic rings.